The molecule has 3 aromatic rings. The number of fused-ring (bicyclic) bond motifs is 1. The SMILES string of the molecule is CCCn1c(NC(=O)c2ccsc2)nc2ccccc21. The summed E-state index contributed by atoms with van der Waals surface area (Å²) in [5.41, 5.74) is 2.63. The third kappa shape index (κ3) is 2.32. The van der Waals surface area contributed by atoms with Crippen LogP contribution in [0.4, 0.5) is 5.95 Å². The summed E-state index contributed by atoms with van der Waals surface area (Å²) in [4.78, 5) is 16.7. The van der Waals surface area contributed by atoms with E-state index in [0.717, 1.165) is 24.0 Å². The van der Waals surface area contributed by atoms with Crippen LogP contribution in [0.5, 0.6) is 0 Å². The smallest absolute Gasteiger partial charge is 0.258 e. The first-order chi connectivity index (χ1) is 9.79. The van der Waals surface area contributed by atoms with Gasteiger partial charge < -0.3 is 4.57 Å². The van der Waals surface area contributed by atoms with Crippen LogP contribution < -0.4 is 5.32 Å². The maximum atomic E-state index is 12.2. The van der Waals surface area contributed by atoms with E-state index in [9.17, 15) is 4.79 Å². The monoisotopic (exact) mass is 285 g/mol. The summed E-state index contributed by atoms with van der Waals surface area (Å²) in [6.45, 7) is 2.94. The molecule has 0 radical (unpaired) electrons. The van der Waals surface area contributed by atoms with Crippen LogP contribution in [0.15, 0.2) is 41.1 Å². The molecule has 0 spiro atoms. The van der Waals surface area contributed by atoms with E-state index in [2.05, 4.69) is 21.8 Å². The lowest BCUT2D eigenvalue weighted by Crippen LogP contribution is -2.15. The summed E-state index contributed by atoms with van der Waals surface area (Å²) in [6, 6.07) is 9.74. The minimum atomic E-state index is -0.112. The zero-order valence-electron chi connectivity index (χ0n) is 11.2. The Morgan fingerprint density at radius 1 is 1.35 bits per heavy atom. The fraction of sp³-hybridized carbons (Fsp3) is 0.200. The summed E-state index contributed by atoms with van der Waals surface area (Å²) in [7, 11) is 0. The van der Waals surface area contributed by atoms with Crippen LogP contribution in [0.2, 0.25) is 0 Å². The topological polar surface area (TPSA) is 46.9 Å². The highest BCUT2D eigenvalue weighted by Gasteiger charge is 2.13. The average Bonchev–Trinajstić information content (AvgIpc) is 3.08. The predicted octanol–water partition coefficient (Wildman–Crippen LogP) is 3.76. The molecule has 0 aliphatic carbocycles. The number of rotatable bonds is 4. The fourth-order valence-corrected chi connectivity index (χ4v) is 2.82. The molecule has 0 aliphatic heterocycles. The highest BCUT2D eigenvalue weighted by molar-refractivity contribution is 7.08. The van der Waals surface area contributed by atoms with Crippen LogP contribution in [-0.2, 0) is 6.54 Å². The van der Waals surface area contributed by atoms with Crippen molar-refractivity contribution >= 4 is 34.2 Å². The molecule has 0 saturated heterocycles. The first kappa shape index (κ1) is 12.9. The van der Waals surface area contributed by atoms with Gasteiger partial charge in [0.1, 0.15) is 0 Å². The van der Waals surface area contributed by atoms with Crippen LogP contribution >= 0.6 is 11.3 Å². The minimum absolute atomic E-state index is 0.112. The van der Waals surface area contributed by atoms with Crippen molar-refractivity contribution in [3.8, 4) is 0 Å². The molecule has 0 unspecified atom stereocenters. The standard InChI is InChI=1S/C15H15N3OS/c1-2-8-18-13-6-4-3-5-12(13)16-15(18)17-14(19)11-7-9-20-10-11/h3-7,9-10H,2,8H2,1H3,(H,16,17,19). The van der Waals surface area contributed by atoms with Gasteiger partial charge in [-0.2, -0.15) is 11.3 Å². The van der Waals surface area contributed by atoms with Crippen molar-refractivity contribution in [3.05, 3.63) is 46.7 Å². The normalized spacial score (nSPS) is 10.8. The number of hydrogen-bond donors (Lipinski definition) is 1. The van der Waals surface area contributed by atoms with E-state index >= 15 is 0 Å². The largest absolute Gasteiger partial charge is 0.310 e. The molecule has 1 N–H and O–H groups in total. The van der Waals surface area contributed by atoms with Crippen LogP contribution in [0.1, 0.15) is 23.7 Å². The van der Waals surface area contributed by atoms with Gasteiger partial charge in [0.05, 0.1) is 16.6 Å². The summed E-state index contributed by atoms with van der Waals surface area (Å²) in [5, 5.41) is 6.64. The number of aromatic nitrogens is 2. The highest BCUT2D eigenvalue weighted by atomic mass is 32.1. The Hall–Kier alpha value is -2.14. The van der Waals surface area contributed by atoms with Crippen molar-refractivity contribution < 1.29 is 4.79 Å². The van der Waals surface area contributed by atoms with Crippen molar-refractivity contribution in [2.75, 3.05) is 5.32 Å². The van der Waals surface area contributed by atoms with Crippen LogP contribution in [0, 0.1) is 0 Å². The van der Waals surface area contributed by atoms with Gasteiger partial charge in [0.25, 0.3) is 5.91 Å². The van der Waals surface area contributed by atoms with Crippen LogP contribution in [0.3, 0.4) is 0 Å². The molecule has 5 heteroatoms. The molecule has 102 valence electrons. The molecule has 0 atom stereocenters. The average molecular weight is 285 g/mol. The number of amides is 1. The number of carbonyl (C=O) groups excluding carboxylic acids is 1. The molecule has 1 aromatic carbocycles. The Labute approximate surface area is 121 Å². The van der Waals surface area contributed by atoms with Gasteiger partial charge >= 0.3 is 0 Å². The number of benzene rings is 1. The summed E-state index contributed by atoms with van der Waals surface area (Å²) in [6.07, 6.45) is 0.988. The van der Waals surface area contributed by atoms with Gasteiger partial charge in [-0.15, -0.1) is 0 Å². The molecular weight excluding hydrogens is 270 g/mol. The fourth-order valence-electron chi connectivity index (χ4n) is 2.19. The maximum Gasteiger partial charge on any atom is 0.258 e. The number of hydrogen-bond acceptors (Lipinski definition) is 3. The highest BCUT2D eigenvalue weighted by Crippen LogP contribution is 2.20. The molecule has 1 amide bonds. The number of anilines is 1. The number of thiophene rings is 1. The second-order valence-electron chi connectivity index (χ2n) is 4.54. The Balaban J connectivity index is 1.98. The third-order valence-electron chi connectivity index (χ3n) is 3.11. The summed E-state index contributed by atoms with van der Waals surface area (Å²) >= 11 is 1.51. The molecule has 20 heavy (non-hydrogen) atoms. The first-order valence-corrected chi connectivity index (χ1v) is 7.52. The van der Waals surface area contributed by atoms with E-state index in [-0.39, 0.29) is 5.91 Å². The van der Waals surface area contributed by atoms with E-state index in [0.29, 0.717) is 11.5 Å². The lowest BCUT2D eigenvalue weighted by Gasteiger charge is -2.08. The van der Waals surface area contributed by atoms with Gasteiger partial charge in [0.2, 0.25) is 5.95 Å². The summed E-state index contributed by atoms with van der Waals surface area (Å²) in [5.74, 6) is 0.503. The Kier molecular flexibility index (Phi) is 3.52. The van der Waals surface area contributed by atoms with Gasteiger partial charge in [-0.05, 0) is 30.0 Å². The number of imidazole rings is 1. The molecular formula is C15H15N3OS. The van der Waals surface area contributed by atoms with Crippen molar-refractivity contribution in [1.29, 1.82) is 0 Å². The second-order valence-corrected chi connectivity index (χ2v) is 5.32. The van der Waals surface area contributed by atoms with Crippen molar-refractivity contribution in [3.63, 3.8) is 0 Å². The van der Waals surface area contributed by atoms with Gasteiger partial charge in [-0.25, -0.2) is 4.98 Å². The maximum absolute atomic E-state index is 12.2. The lowest BCUT2D eigenvalue weighted by atomic mass is 10.3. The number of para-hydroxylation sites is 2. The number of nitrogens with zero attached hydrogens (tertiary/aromatic N) is 2. The Morgan fingerprint density at radius 2 is 2.20 bits per heavy atom. The summed E-state index contributed by atoms with van der Waals surface area (Å²) < 4.78 is 2.06. The molecule has 4 nitrogen and oxygen atoms in total. The van der Waals surface area contributed by atoms with E-state index in [1.165, 1.54) is 11.3 Å². The minimum Gasteiger partial charge on any atom is -0.310 e. The Bertz CT molecular complexity index is 731. The van der Waals surface area contributed by atoms with Crippen molar-refractivity contribution in [1.82, 2.24) is 9.55 Å². The van der Waals surface area contributed by atoms with Crippen molar-refractivity contribution in [2.45, 2.75) is 19.9 Å². The van der Waals surface area contributed by atoms with E-state index in [1.54, 1.807) is 0 Å². The molecule has 0 saturated carbocycles. The number of aryl methyl sites for hydroxylation is 1. The zero-order chi connectivity index (χ0) is 13.9. The molecule has 0 bridgehead atoms. The third-order valence-corrected chi connectivity index (χ3v) is 3.79. The quantitative estimate of drug-likeness (QED) is 0.793. The molecule has 0 aliphatic rings. The zero-order valence-corrected chi connectivity index (χ0v) is 12.0. The van der Waals surface area contributed by atoms with Crippen LogP contribution in [-0.4, -0.2) is 15.5 Å². The lowest BCUT2D eigenvalue weighted by molar-refractivity contribution is 0.102. The van der Waals surface area contributed by atoms with Crippen molar-refractivity contribution in [2.24, 2.45) is 0 Å². The predicted molar refractivity (Wildman–Crippen MR) is 82.3 cm³/mol. The van der Waals surface area contributed by atoms with E-state index in [4.69, 9.17) is 0 Å². The number of carbonyl (C=O) groups is 1. The first-order valence-electron chi connectivity index (χ1n) is 6.58. The van der Waals surface area contributed by atoms with Gasteiger partial charge in [0.15, 0.2) is 0 Å². The molecule has 0 fully saturated rings. The van der Waals surface area contributed by atoms with Gasteiger partial charge in [0, 0.05) is 11.9 Å². The number of nitrogens with one attached hydrogen (secondary N) is 1. The van der Waals surface area contributed by atoms with Gasteiger partial charge in [-0.1, -0.05) is 19.1 Å². The second kappa shape index (κ2) is 5.46. The molecule has 2 aromatic heterocycles. The molecule has 2 heterocycles. The van der Waals surface area contributed by atoms with E-state index in [1.807, 2.05) is 41.1 Å². The van der Waals surface area contributed by atoms with E-state index < -0.39 is 0 Å². The van der Waals surface area contributed by atoms with Crippen LogP contribution in [0.25, 0.3) is 11.0 Å². The van der Waals surface area contributed by atoms with Gasteiger partial charge in [-0.3, -0.25) is 10.1 Å². The molecule has 3 rings (SSSR count). The Morgan fingerprint density at radius 3 is 2.95 bits per heavy atom.